The van der Waals surface area contributed by atoms with Crippen LogP contribution in [0.4, 0.5) is 0 Å². The lowest BCUT2D eigenvalue weighted by molar-refractivity contribution is 0.195. The quantitative estimate of drug-likeness (QED) is 0.817. The van der Waals surface area contributed by atoms with Gasteiger partial charge in [-0.3, -0.25) is 0 Å². The van der Waals surface area contributed by atoms with E-state index in [4.69, 9.17) is 5.11 Å². The van der Waals surface area contributed by atoms with Crippen molar-refractivity contribution in [3.05, 3.63) is 28.2 Å². The number of phenols is 1. The molecule has 0 unspecified atom stereocenters. The fourth-order valence-corrected chi connectivity index (χ4v) is 1.47. The molecule has 0 saturated carbocycles. The van der Waals surface area contributed by atoms with Gasteiger partial charge in [0.1, 0.15) is 5.75 Å². The fourth-order valence-electron chi connectivity index (χ4n) is 1.04. The normalized spacial score (nSPS) is 12.9. The Morgan fingerprint density at radius 1 is 1.50 bits per heavy atom. The van der Waals surface area contributed by atoms with Crippen LogP contribution in [0.1, 0.15) is 12.5 Å². The van der Waals surface area contributed by atoms with Crippen LogP contribution in [-0.2, 0) is 6.42 Å². The number of aliphatic hydroxyl groups excluding tert-OH is 1. The zero-order valence-electron chi connectivity index (χ0n) is 6.79. The van der Waals surface area contributed by atoms with Crippen molar-refractivity contribution < 1.29 is 10.2 Å². The highest BCUT2D eigenvalue weighted by Crippen LogP contribution is 2.27. The molecule has 1 aromatic carbocycles. The van der Waals surface area contributed by atoms with Crippen LogP contribution in [0.25, 0.3) is 0 Å². The van der Waals surface area contributed by atoms with Gasteiger partial charge in [0.25, 0.3) is 0 Å². The number of phenolic OH excluding ortho intramolecular Hbond substituents is 1. The second-order valence-electron chi connectivity index (χ2n) is 2.80. The first-order valence-corrected chi connectivity index (χ1v) is 4.55. The number of hydrogen-bond donors (Lipinski definition) is 2. The van der Waals surface area contributed by atoms with Gasteiger partial charge in [-0.15, -0.1) is 0 Å². The predicted octanol–water partition coefficient (Wildman–Crippen LogP) is 2.08. The minimum Gasteiger partial charge on any atom is -0.507 e. The van der Waals surface area contributed by atoms with Crippen molar-refractivity contribution in [2.24, 2.45) is 0 Å². The summed E-state index contributed by atoms with van der Waals surface area (Å²) in [6.07, 6.45) is 0.165. The van der Waals surface area contributed by atoms with E-state index in [-0.39, 0.29) is 11.9 Å². The van der Waals surface area contributed by atoms with Crippen LogP contribution in [0.15, 0.2) is 22.7 Å². The third-order valence-corrected chi connectivity index (χ3v) is 2.49. The van der Waals surface area contributed by atoms with Gasteiger partial charge < -0.3 is 10.2 Å². The van der Waals surface area contributed by atoms with E-state index in [2.05, 4.69) is 15.9 Å². The fraction of sp³-hybridized carbons (Fsp3) is 0.333. The monoisotopic (exact) mass is 230 g/mol. The third-order valence-electron chi connectivity index (χ3n) is 1.57. The molecule has 0 amide bonds. The molecule has 0 fully saturated rings. The Bertz CT molecular complexity index is 271. The zero-order chi connectivity index (χ0) is 9.14. The number of hydrogen-bond acceptors (Lipinski definition) is 2. The van der Waals surface area contributed by atoms with Crippen molar-refractivity contribution in [2.45, 2.75) is 19.4 Å². The van der Waals surface area contributed by atoms with Crippen molar-refractivity contribution in [3.63, 3.8) is 0 Å². The van der Waals surface area contributed by atoms with E-state index in [9.17, 15) is 5.11 Å². The summed E-state index contributed by atoms with van der Waals surface area (Å²) in [7, 11) is 0. The van der Waals surface area contributed by atoms with Crippen LogP contribution < -0.4 is 0 Å². The van der Waals surface area contributed by atoms with Crippen molar-refractivity contribution >= 4 is 15.9 Å². The van der Waals surface area contributed by atoms with Crippen molar-refractivity contribution in [3.8, 4) is 5.75 Å². The smallest absolute Gasteiger partial charge is 0.130 e. The Morgan fingerprint density at radius 3 is 2.75 bits per heavy atom. The van der Waals surface area contributed by atoms with Crippen LogP contribution in [0.3, 0.4) is 0 Å². The number of halogens is 1. The largest absolute Gasteiger partial charge is 0.507 e. The average Bonchev–Trinajstić information content (AvgIpc) is 1.98. The Hall–Kier alpha value is -0.540. The molecule has 66 valence electrons. The average molecular weight is 231 g/mol. The van der Waals surface area contributed by atoms with E-state index in [0.717, 1.165) is 5.56 Å². The summed E-state index contributed by atoms with van der Waals surface area (Å²) < 4.78 is 0.672. The lowest BCUT2D eigenvalue weighted by Gasteiger charge is -2.07. The number of benzene rings is 1. The van der Waals surface area contributed by atoms with Crippen LogP contribution in [0.2, 0.25) is 0 Å². The molecule has 1 atom stereocenters. The molecule has 0 aliphatic rings. The Morgan fingerprint density at radius 2 is 2.17 bits per heavy atom. The molecular weight excluding hydrogens is 220 g/mol. The maximum atomic E-state index is 9.28. The van der Waals surface area contributed by atoms with E-state index in [1.807, 2.05) is 6.07 Å². The number of rotatable bonds is 2. The number of aliphatic hydroxyl groups is 1. The van der Waals surface area contributed by atoms with Gasteiger partial charge in [0.05, 0.1) is 10.6 Å². The molecule has 0 aliphatic heterocycles. The molecule has 0 spiro atoms. The highest BCUT2D eigenvalue weighted by molar-refractivity contribution is 9.10. The summed E-state index contributed by atoms with van der Waals surface area (Å²) in [5.41, 5.74) is 0.921. The Kier molecular flexibility index (Phi) is 3.12. The molecule has 2 N–H and O–H groups in total. The Balaban J connectivity index is 2.92. The third kappa shape index (κ3) is 2.22. The van der Waals surface area contributed by atoms with Crippen LogP contribution in [0.5, 0.6) is 5.75 Å². The van der Waals surface area contributed by atoms with E-state index < -0.39 is 0 Å². The summed E-state index contributed by atoms with van der Waals surface area (Å²) in [6.45, 7) is 1.72. The maximum absolute atomic E-state index is 9.28. The van der Waals surface area contributed by atoms with Gasteiger partial charge in [0.2, 0.25) is 0 Å². The highest BCUT2D eigenvalue weighted by Gasteiger charge is 2.06. The van der Waals surface area contributed by atoms with Crippen LogP contribution in [0, 0.1) is 0 Å². The van der Waals surface area contributed by atoms with Crippen LogP contribution in [-0.4, -0.2) is 16.3 Å². The van der Waals surface area contributed by atoms with E-state index in [1.165, 1.54) is 0 Å². The van der Waals surface area contributed by atoms with Crippen molar-refractivity contribution in [1.29, 1.82) is 0 Å². The molecule has 0 aromatic heterocycles. The lowest BCUT2D eigenvalue weighted by Crippen LogP contribution is -2.04. The minimum atomic E-state index is -0.386. The zero-order valence-corrected chi connectivity index (χ0v) is 8.37. The van der Waals surface area contributed by atoms with Gasteiger partial charge in [-0.1, -0.05) is 12.1 Å². The van der Waals surface area contributed by atoms with Crippen molar-refractivity contribution in [2.75, 3.05) is 0 Å². The number of aromatic hydroxyl groups is 1. The molecule has 0 bridgehead atoms. The van der Waals surface area contributed by atoms with E-state index in [0.29, 0.717) is 10.9 Å². The molecule has 1 rings (SSSR count). The standard InChI is InChI=1S/C9H11BrO2/c1-6(11)5-7-3-2-4-8(12)9(7)10/h2-4,6,11-12H,5H2,1H3/t6-/m0/s1. The van der Waals surface area contributed by atoms with Gasteiger partial charge in [-0.05, 0) is 40.9 Å². The van der Waals surface area contributed by atoms with E-state index in [1.54, 1.807) is 19.1 Å². The Labute approximate surface area is 80.0 Å². The summed E-state index contributed by atoms with van der Waals surface area (Å²) in [4.78, 5) is 0. The highest BCUT2D eigenvalue weighted by atomic mass is 79.9. The topological polar surface area (TPSA) is 40.5 Å². The maximum Gasteiger partial charge on any atom is 0.130 e. The van der Waals surface area contributed by atoms with Gasteiger partial charge >= 0.3 is 0 Å². The molecule has 0 heterocycles. The molecular formula is C9H11BrO2. The summed E-state index contributed by atoms with van der Waals surface area (Å²) >= 11 is 3.25. The molecule has 0 radical (unpaired) electrons. The van der Waals surface area contributed by atoms with E-state index >= 15 is 0 Å². The van der Waals surface area contributed by atoms with Gasteiger partial charge in [-0.2, -0.15) is 0 Å². The SMILES string of the molecule is C[C@H](O)Cc1cccc(O)c1Br. The molecule has 12 heavy (non-hydrogen) atoms. The second kappa shape index (κ2) is 3.92. The first kappa shape index (κ1) is 9.55. The predicted molar refractivity (Wildman–Crippen MR) is 51.2 cm³/mol. The lowest BCUT2D eigenvalue weighted by atomic mass is 10.1. The van der Waals surface area contributed by atoms with Gasteiger partial charge in [0.15, 0.2) is 0 Å². The molecule has 2 nitrogen and oxygen atoms in total. The van der Waals surface area contributed by atoms with Gasteiger partial charge in [-0.25, -0.2) is 0 Å². The molecule has 3 heteroatoms. The summed E-state index contributed by atoms with van der Waals surface area (Å²) in [5.74, 6) is 0.216. The first-order chi connectivity index (χ1) is 5.61. The summed E-state index contributed by atoms with van der Waals surface area (Å²) in [6, 6.07) is 5.24. The molecule has 1 aromatic rings. The summed E-state index contributed by atoms with van der Waals surface area (Å²) in [5, 5.41) is 18.4. The van der Waals surface area contributed by atoms with Crippen LogP contribution >= 0.6 is 15.9 Å². The second-order valence-corrected chi connectivity index (χ2v) is 3.60. The van der Waals surface area contributed by atoms with Gasteiger partial charge in [0, 0.05) is 0 Å². The van der Waals surface area contributed by atoms with Crippen molar-refractivity contribution in [1.82, 2.24) is 0 Å². The first-order valence-electron chi connectivity index (χ1n) is 3.75. The molecule has 0 saturated heterocycles. The minimum absolute atomic E-state index is 0.216. The molecule has 0 aliphatic carbocycles.